The van der Waals surface area contributed by atoms with E-state index in [1.807, 2.05) is 19.9 Å². The zero-order valence-corrected chi connectivity index (χ0v) is 11.8. The molecule has 2 heterocycles. The van der Waals surface area contributed by atoms with Crippen molar-refractivity contribution < 1.29 is 18.8 Å². The number of rotatable bonds is 5. The summed E-state index contributed by atoms with van der Waals surface area (Å²) in [7, 11) is 0. The number of furan rings is 1. The molecule has 2 rings (SSSR count). The summed E-state index contributed by atoms with van der Waals surface area (Å²) in [5.41, 5.74) is 1.17. The predicted octanol–water partition coefficient (Wildman–Crippen LogP) is 2.05. The second-order valence-electron chi connectivity index (χ2n) is 4.72. The van der Waals surface area contributed by atoms with Gasteiger partial charge in [0.2, 0.25) is 0 Å². The topological polar surface area (TPSA) is 88.5 Å². The Labute approximate surface area is 116 Å². The van der Waals surface area contributed by atoms with Crippen LogP contribution >= 0.6 is 0 Å². The molecule has 1 unspecified atom stereocenters. The van der Waals surface area contributed by atoms with Crippen LogP contribution in [-0.2, 0) is 0 Å². The Kier molecular flexibility index (Phi) is 4.24. The van der Waals surface area contributed by atoms with Crippen molar-refractivity contribution in [2.45, 2.75) is 33.3 Å². The number of hydrogen-bond donors (Lipinski definition) is 2. The van der Waals surface area contributed by atoms with Crippen LogP contribution in [0.25, 0.3) is 0 Å². The van der Waals surface area contributed by atoms with Crippen molar-refractivity contribution in [2.24, 2.45) is 0 Å². The minimum Gasteiger partial charge on any atom is -0.466 e. The van der Waals surface area contributed by atoms with Gasteiger partial charge in [0.25, 0.3) is 5.91 Å². The molecule has 0 saturated carbocycles. The van der Waals surface area contributed by atoms with Crippen LogP contribution in [0.2, 0.25) is 0 Å². The highest BCUT2D eigenvalue weighted by atomic mass is 16.5. The summed E-state index contributed by atoms with van der Waals surface area (Å²) in [4.78, 5) is 11.8. The first-order valence-electron chi connectivity index (χ1n) is 6.43. The van der Waals surface area contributed by atoms with Crippen LogP contribution in [0.3, 0.4) is 0 Å². The fraction of sp³-hybridized carbons (Fsp3) is 0.429. The molecule has 1 amide bonds. The second-order valence-corrected chi connectivity index (χ2v) is 4.72. The van der Waals surface area contributed by atoms with Crippen molar-refractivity contribution in [3.8, 4) is 0 Å². The number of amides is 1. The molecular weight excluding hydrogens is 260 g/mol. The van der Waals surface area contributed by atoms with Gasteiger partial charge in [-0.25, -0.2) is 0 Å². The van der Waals surface area contributed by atoms with Crippen LogP contribution in [0.1, 0.15) is 45.7 Å². The van der Waals surface area contributed by atoms with Crippen LogP contribution in [-0.4, -0.2) is 22.7 Å². The first-order valence-corrected chi connectivity index (χ1v) is 6.43. The third-order valence-corrected chi connectivity index (χ3v) is 3.14. The fourth-order valence-corrected chi connectivity index (χ4v) is 2.07. The minimum absolute atomic E-state index is 0.254. The molecule has 0 aliphatic heterocycles. The maximum atomic E-state index is 11.8. The van der Waals surface area contributed by atoms with E-state index in [9.17, 15) is 9.90 Å². The van der Waals surface area contributed by atoms with E-state index in [1.54, 1.807) is 6.92 Å². The minimum atomic E-state index is -0.656. The van der Waals surface area contributed by atoms with Gasteiger partial charge in [0.05, 0.1) is 12.3 Å². The normalized spacial score (nSPS) is 12.4. The van der Waals surface area contributed by atoms with E-state index >= 15 is 0 Å². The number of aromatic nitrogens is 1. The van der Waals surface area contributed by atoms with Crippen molar-refractivity contribution in [3.05, 3.63) is 40.7 Å². The third kappa shape index (κ3) is 3.08. The highest BCUT2D eigenvalue weighted by Crippen LogP contribution is 2.23. The summed E-state index contributed by atoms with van der Waals surface area (Å²) in [6.07, 6.45) is 1.14. The zero-order valence-electron chi connectivity index (χ0n) is 11.8. The lowest BCUT2D eigenvalue weighted by Gasteiger charge is -2.10. The Morgan fingerprint density at radius 3 is 2.70 bits per heavy atom. The van der Waals surface area contributed by atoms with Gasteiger partial charge >= 0.3 is 0 Å². The summed E-state index contributed by atoms with van der Waals surface area (Å²) in [5.74, 6) is 1.69. The number of carbonyl (C=O) groups is 1. The maximum Gasteiger partial charge on any atom is 0.256 e. The molecule has 0 radical (unpaired) electrons. The van der Waals surface area contributed by atoms with Crippen LogP contribution in [0, 0.1) is 20.8 Å². The number of aliphatic hydroxyl groups is 1. The highest BCUT2D eigenvalue weighted by Gasteiger charge is 2.16. The first-order chi connectivity index (χ1) is 9.49. The molecule has 2 N–H and O–H groups in total. The van der Waals surface area contributed by atoms with Gasteiger partial charge in [0.15, 0.2) is 0 Å². The average Bonchev–Trinajstić information content (AvgIpc) is 2.95. The Bertz CT molecular complexity index is 600. The number of carbonyl (C=O) groups excluding carboxylic acids is 1. The van der Waals surface area contributed by atoms with Crippen LogP contribution in [0.5, 0.6) is 0 Å². The van der Waals surface area contributed by atoms with Gasteiger partial charge in [-0.1, -0.05) is 5.16 Å². The van der Waals surface area contributed by atoms with E-state index in [0.29, 0.717) is 30.0 Å². The summed E-state index contributed by atoms with van der Waals surface area (Å²) in [5, 5.41) is 16.3. The molecule has 0 saturated heterocycles. The monoisotopic (exact) mass is 278 g/mol. The Morgan fingerprint density at radius 2 is 2.15 bits per heavy atom. The lowest BCUT2D eigenvalue weighted by Crippen LogP contribution is -2.25. The van der Waals surface area contributed by atoms with E-state index < -0.39 is 6.10 Å². The largest absolute Gasteiger partial charge is 0.466 e. The molecule has 0 bridgehead atoms. The molecule has 2 aromatic heterocycles. The predicted molar refractivity (Wildman–Crippen MR) is 71.3 cm³/mol. The lowest BCUT2D eigenvalue weighted by atomic mass is 10.1. The second kappa shape index (κ2) is 5.92. The Hall–Kier alpha value is -2.08. The SMILES string of the molecule is Cc1cc(C(O)CCNC(=O)c2cnoc2C)c(C)o1. The molecule has 108 valence electrons. The molecule has 0 aromatic carbocycles. The van der Waals surface area contributed by atoms with Gasteiger partial charge in [-0.2, -0.15) is 0 Å². The Morgan fingerprint density at radius 1 is 1.40 bits per heavy atom. The molecule has 0 aliphatic carbocycles. The smallest absolute Gasteiger partial charge is 0.256 e. The summed E-state index contributed by atoms with van der Waals surface area (Å²) < 4.78 is 10.2. The summed E-state index contributed by atoms with van der Waals surface area (Å²) in [6.45, 7) is 5.67. The first kappa shape index (κ1) is 14.3. The standard InChI is InChI=1S/C14H18N2O4/c1-8-6-11(9(2)19-8)13(17)4-5-15-14(18)12-7-16-20-10(12)3/h6-7,13,17H,4-5H2,1-3H3,(H,15,18). The lowest BCUT2D eigenvalue weighted by molar-refractivity contribution is 0.0941. The van der Waals surface area contributed by atoms with E-state index in [4.69, 9.17) is 8.94 Å². The number of aliphatic hydroxyl groups excluding tert-OH is 1. The van der Waals surface area contributed by atoms with Gasteiger partial charge in [0.1, 0.15) is 22.8 Å². The number of aryl methyl sites for hydroxylation is 3. The molecule has 20 heavy (non-hydrogen) atoms. The van der Waals surface area contributed by atoms with Crippen molar-refractivity contribution in [1.29, 1.82) is 0 Å². The molecule has 1 atom stereocenters. The Balaban J connectivity index is 1.86. The van der Waals surface area contributed by atoms with Crippen LogP contribution < -0.4 is 5.32 Å². The highest BCUT2D eigenvalue weighted by molar-refractivity contribution is 5.94. The van der Waals surface area contributed by atoms with E-state index in [2.05, 4.69) is 10.5 Å². The van der Waals surface area contributed by atoms with E-state index in [-0.39, 0.29) is 5.91 Å². The summed E-state index contributed by atoms with van der Waals surface area (Å²) in [6, 6.07) is 1.81. The molecule has 0 spiro atoms. The fourth-order valence-electron chi connectivity index (χ4n) is 2.07. The van der Waals surface area contributed by atoms with E-state index in [0.717, 1.165) is 11.3 Å². The van der Waals surface area contributed by atoms with Gasteiger partial charge < -0.3 is 19.4 Å². The molecule has 6 nitrogen and oxygen atoms in total. The molecular formula is C14H18N2O4. The van der Waals surface area contributed by atoms with E-state index in [1.165, 1.54) is 6.20 Å². The van der Waals surface area contributed by atoms with Gasteiger partial charge in [-0.05, 0) is 33.3 Å². The van der Waals surface area contributed by atoms with Crippen LogP contribution in [0.4, 0.5) is 0 Å². The molecule has 6 heteroatoms. The maximum absolute atomic E-state index is 11.8. The van der Waals surface area contributed by atoms with Crippen molar-refractivity contribution in [2.75, 3.05) is 6.54 Å². The third-order valence-electron chi connectivity index (χ3n) is 3.14. The molecule has 0 aliphatic rings. The van der Waals surface area contributed by atoms with Crippen molar-refractivity contribution in [3.63, 3.8) is 0 Å². The number of nitrogens with one attached hydrogen (secondary N) is 1. The van der Waals surface area contributed by atoms with Crippen molar-refractivity contribution >= 4 is 5.91 Å². The molecule has 0 fully saturated rings. The van der Waals surface area contributed by atoms with Gasteiger partial charge in [0, 0.05) is 12.1 Å². The van der Waals surface area contributed by atoms with Gasteiger partial charge in [-0.3, -0.25) is 4.79 Å². The van der Waals surface area contributed by atoms with Crippen LogP contribution in [0.15, 0.2) is 21.2 Å². The quantitative estimate of drug-likeness (QED) is 0.873. The summed E-state index contributed by atoms with van der Waals surface area (Å²) >= 11 is 0. The average molecular weight is 278 g/mol. The number of nitrogens with zero attached hydrogens (tertiary/aromatic N) is 1. The van der Waals surface area contributed by atoms with Crippen molar-refractivity contribution in [1.82, 2.24) is 10.5 Å². The molecule has 2 aromatic rings. The zero-order chi connectivity index (χ0) is 14.7. The van der Waals surface area contributed by atoms with Gasteiger partial charge in [-0.15, -0.1) is 0 Å². The number of hydrogen-bond acceptors (Lipinski definition) is 5.